The Morgan fingerprint density at radius 1 is 1.04 bits per heavy atom. The van der Waals surface area contributed by atoms with Gasteiger partial charge in [0, 0.05) is 11.6 Å². The second-order valence-corrected chi connectivity index (χ2v) is 6.06. The smallest absolute Gasteiger partial charge is 0.223 e. The summed E-state index contributed by atoms with van der Waals surface area (Å²) in [5.74, 6) is 1.80. The Kier molecular flexibility index (Phi) is 3.26. The van der Waals surface area contributed by atoms with Crippen molar-refractivity contribution in [2.45, 2.75) is 6.92 Å². The number of nitrogens with two attached hydrogens (primary N) is 1. The number of rotatable bonds is 3. The van der Waals surface area contributed by atoms with Gasteiger partial charge in [0.25, 0.3) is 0 Å². The van der Waals surface area contributed by atoms with Crippen molar-refractivity contribution < 1.29 is 0 Å². The minimum Gasteiger partial charge on any atom is -0.368 e. The van der Waals surface area contributed by atoms with Gasteiger partial charge in [0.05, 0.1) is 17.4 Å². The van der Waals surface area contributed by atoms with E-state index in [4.69, 9.17) is 10.7 Å². The van der Waals surface area contributed by atoms with Crippen LogP contribution in [0.5, 0.6) is 0 Å². The highest BCUT2D eigenvalue weighted by atomic mass is 15.2. The van der Waals surface area contributed by atoms with E-state index in [2.05, 4.69) is 30.5 Å². The molecule has 0 spiro atoms. The fourth-order valence-electron chi connectivity index (χ4n) is 3.11. The van der Waals surface area contributed by atoms with Gasteiger partial charge in [-0.3, -0.25) is 9.50 Å². The molecule has 0 amide bonds. The largest absolute Gasteiger partial charge is 0.368 e. The number of aromatic amines is 1. The highest BCUT2D eigenvalue weighted by molar-refractivity contribution is 5.93. The molecule has 132 valence electrons. The van der Waals surface area contributed by atoms with E-state index in [1.807, 2.05) is 47.0 Å². The first-order valence-corrected chi connectivity index (χ1v) is 8.34. The third-order valence-electron chi connectivity index (χ3n) is 4.24. The van der Waals surface area contributed by atoms with Crippen LogP contribution in [0, 0.1) is 6.92 Å². The van der Waals surface area contributed by atoms with Gasteiger partial charge in [-0.25, -0.2) is 9.97 Å². The Bertz CT molecular complexity index is 1260. The van der Waals surface area contributed by atoms with Crippen LogP contribution in [0.3, 0.4) is 0 Å². The quantitative estimate of drug-likeness (QED) is 0.453. The van der Waals surface area contributed by atoms with Crippen molar-refractivity contribution in [3.05, 3.63) is 54.6 Å². The molecule has 9 nitrogen and oxygen atoms in total. The predicted octanol–water partition coefficient (Wildman–Crippen LogP) is 2.70. The fraction of sp³-hybridized carbons (Fsp3) is 0.0556. The fourth-order valence-corrected chi connectivity index (χ4v) is 3.11. The Morgan fingerprint density at radius 3 is 2.85 bits per heavy atom. The number of H-pyrrole nitrogens is 1. The van der Waals surface area contributed by atoms with Crippen molar-refractivity contribution in [1.29, 1.82) is 0 Å². The van der Waals surface area contributed by atoms with Gasteiger partial charge in [-0.15, -0.1) is 0 Å². The molecular weight excluding hydrogens is 342 g/mol. The van der Waals surface area contributed by atoms with Crippen LogP contribution in [0.25, 0.3) is 28.1 Å². The molecule has 4 aromatic heterocycles. The van der Waals surface area contributed by atoms with E-state index in [0.717, 1.165) is 22.2 Å². The summed E-state index contributed by atoms with van der Waals surface area (Å²) in [4.78, 5) is 17.6. The molecule has 4 N–H and O–H groups in total. The minimum absolute atomic E-state index is 0.172. The molecule has 9 heteroatoms. The van der Waals surface area contributed by atoms with Crippen LogP contribution in [0.4, 0.5) is 17.5 Å². The monoisotopic (exact) mass is 357 g/mol. The van der Waals surface area contributed by atoms with Gasteiger partial charge in [-0.2, -0.15) is 15.1 Å². The van der Waals surface area contributed by atoms with Gasteiger partial charge in [0.1, 0.15) is 17.2 Å². The number of benzene rings is 1. The Balaban J connectivity index is 1.73. The highest BCUT2D eigenvalue weighted by Crippen LogP contribution is 2.31. The van der Waals surface area contributed by atoms with Crippen LogP contribution in [0.1, 0.15) is 5.82 Å². The second-order valence-electron chi connectivity index (χ2n) is 6.06. The SMILES string of the molecule is Cc1nc(N)nc(-c2c(Nc3cccc4[nH]ncc34)nc3ccccn23)n1. The standard InChI is InChI=1S/C18H15N9/c1-10-21-16(25-18(19)22-10)15-17(24-14-7-2-3-8-27(14)15)23-12-5-4-6-13-11(12)9-20-26-13/h2-9,23H,1H3,(H,20,26)(H2,19,21,22,25). The molecule has 27 heavy (non-hydrogen) atoms. The maximum Gasteiger partial charge on any atom is 0.223 e. The van der Waals surface area contributed by atoms with Crippen molar-refractivity contribution in [3.63, 3.8) is 0 Å². The minimum atomic E-state index is 0.172. The summed E-state index contributed by atoms with van der Waals surface area (Å²) in [5, 5.41) is 11.4. The van der Waals surface area contributed by atoms with E-state index >= 15 is 0 Å². The number of aromatic nitrogens is 7. The molecule has 0 radical (unpaired) electrons. The number of hydrogen-bond donors (Lipinski definition) is 3. The number of fused-ring (bicyclic) bond motifs is 2. The van der Waals surface area contributed by atoms with E-state index in [0.29, 0.717) is 23.2 Å². The number of aryl methyl sites for hydroxylation is 1. The summed E-state index contributed by atoms with van der Waals surface area (Å²) in [7, 11) is 0. The Labute approximate surface area is 153 Å². The van der Waals surface area contributed by atoms with Crippen LogP contribution in [0.2, 0.25) is 0 Å². The van der Waals surface area contributed by atoms with Gasteiger partial charge in [-0.1, -0.05) is 12.1 Å². The van der Waals surface area contributed by atoms with Crippen molar-refractivity contribution in [2.24, 2.45) is 0 Å². The summed E-state index contributed by atoms with van der Waals surface area (Å²) in [6.45, 7) is 1.78. The van der Waals surface area contributed by atoms with Crippen molar-refractivity contribution >= 4 is 34.0 Å². The summed E-state index contributed by atoms with van der Waals surface area (Å²) in [6, 6.07) is 11.7. The van der Waals surface area contributed by atoms with Gasteiger partial charge < -0.3 is 11.1 Å². The van der Waals surface area contributed by atoms with Crippen LogP contribution in [0.15, 0.2) is 48.8 Å². The van der Waals surface area contributed by atoms with Crippen LogP contribution in [-0.2, 0) is 0 Å². The lowest BCUT2D eigenvalue weighted by atomic mass is 10.2. The lowest BCUT2D eigenvalue weighted by Gasteiger charge is -2.08. The van der Waals surface area contributed by atoms with E-state index in [1.54, 1.807) is 13.1 Å². The Morgan fingerprint density at radius 2 is 1.96 bits per heavy atom. The van der Waals surface area contributed by atoms with Crippen LogP contribution >= 0.6 is 0 Å². The van der Waals surface area contributed by atoms with Crippen LogP contribution < -0.4 is 11.1 Å². The first-order valence-electron chi connectivity index (χ1n) is 8.34. The maximum atomic E-state index is 5.85. The molecule has 0 unspecified atom stereocenters. The third-order valence-corrected chi connectivity index (χ3v) is 4.24. The molecule has 0 fully saturated rings. The van der Waals surface area contributed by atoms with E-state index < -0.39 is 0 Å². The molecule has 4 heterocycles. The topological polar surface area (TPSA) is 123 Å². The normalized spacial score (nSPS) is 11.3. The van der Waals surface area contributed by atoms with Gasteiger partial charge in [-0.05, 0) is 31.2 Å². The number of pyridine rings is 1. The predicted molar refractivity (Wildman–Crippen MR) is 103 cm³/mol. The lowest BCUT2D eigenvalue weighted by molar-refractivity contribution is 0.983. The average molecular weight is 357 g/mol. The zero-order valence-corrected chi connectivity index (χ0v) is 14.4. The molecule has 0 aliphatic carbocycles. The number of imidazole rings is 1. The number of nitrogen functional groups attached to an aromatic ring is 1. The van der Waals surface area contributed by atoms with E-state index in [9.17, 15) is 0 Å². The molecule has 0 bridgehead atoms. The van der Waals surface area contributed by atoms with Crippen molar-refractivity contribution in [1.82, 2.24) is 34.5 Å². The highest BCUT2D eigenvalue weighted by Gasteiger charge is 2.18. The molecular formula is C18H15N9. The van der Waals surface area contributed by atoms with Crippen LogP contribution in [-0.4, -0.2) is 34.5 Å². The Hall–Kier alpha value is -4.01. The molecule has 0 aliphatic heterocycles. The third kappa shape index (κ3) is 2.53. The number of nitrogens with one attached hydrogen (secondary N) is 2. The second kappa shape index (κ2) is 5.77. The lowest BCUT2D eigenvalue weighted by Crippen LogP contribution is -2.04. The maximum absolute atomic E-state index is 5.85. The average Bonchev–Trinajstić information content (AvgIpc) is 3.25. The molecule has 0 saturated carbocycles. The zero-order chi connectivity index (χ0) is 18.4. The van der Waals surface area contributed by atoms with Gasteiger partial charge in [0.2, 0.25) is 5.95 Å². The van der Waals surface area contributed by atoms with Gasteiger partial charge in [0.15, 0.2) is 11.6 Å². The number of anilines is 3. The van der Waals surface area contributed by atoms with E-state index in [-0.39, 0.29) is 5.95 Å². The summed E-state index contributed by atoms with van der Waals surface area (Å²) in [5.41, 5.74) is 9.14. The summed E-state index contributed by atoms with van der Waals surface area (Å²) >= 11 is 0. The first kappa shape index (κ1) is 15.3. The molecule has 0 saturated heterocycles. The molecule has 1 aromatic carbocycles. The first-order chi connectivity index (χ1) is 13.2. The molecule has 5 aromatic rings. The zero-order valence-electron chi connectivity index (χ0n) is 14.4. The molecule has 5 rings (SSSR count). The van der Waals surface area contributed by atoms with Crippen molar-refractivity contribution in [2.75, 3.05) is 11.1 Å². The van der Waals surface area contributed by atoms with E-state index in [1.165, 1.54) is 0 Å². The summed E-state index contributed by atoms with van der Waals surface area (Å²) < 4.78 is 1.92. The molecule has 0 aliphatic rings. The molecule has 0 atom stereocenters. The number of hydrogen-bond acceptors (Lipinski definition) is 7. The van der Waals surface area contributed by atoms with Crippen molar-refractivity contribution in [3.8, 4) is 11.5 Å². The summed E-state index contributed by atoms with van der Waals surface area (Å²) in [6.07, 6.45) is 3.69. The number of nitrogens with zero attached hydrogens (tertiary/aromatic N) is 6. The van der Waals surface area contributed by atoms with Gasteiger partial charge >= 0.3 is 0 Å².